The van der Waals surface area contributed by atoms with Crippen LogP contribution in [0.2, 0.25) is 0 Å². The molecule has 7 nitrogen and oxygen atoms in total. The molecule has 0 atom stereocenters. The lowest BCUT2D eigenvalue weighted by molar-refractivity contribution is 0.823. The molecule has 2 aromatic heterocycles. The number of aromatic nitrogens is 4. The van der Waals surface area contributed by atoms with Gasteiger partial charge in [0.1, 0.15) is 11.8 Å². The van der Waals surface area contributed by atoms with Crippen molar-refractivity contribution in [1.82, 2.24) is 19.9 Å². The van der Waals surface area contributed by atoms with Crippen LogP contribution in [-0.2, 0) is 0 Å². The van der Waals surface area contributed by atoms with Gasteiger partial charge >= 0.3 is 0 Å². The number of fused-ring (bicyclic) bond motifs is 1. The molecule has 0 saturated heterocycles. The van der Waals surface area contributed by atoms with Crippen molar-refractivity contribution in [3.63, 3.8) is 0 Å². The molecule has 74 valence electrons. The molecule has 0 spiro atoms. The lowest BCUT2D eigenvalue weighted by Gasteiger charge is -1.80. The van der Waals surface area contributed by atoms with Gasteiger partial charge in [0, 0.05) is 0 Å². The van der Waals surface area contributed by atoms with Crippen molar-refractivity contribution in [2.24, 2.45) is 5.73 Å². The summed E-state index contributed by atoms with van der Waals surface area (Å²) in [6, 6.07) is 0. The van der Waals surface area contributed by atoms with E-state index in [0.717, 1.165) is 5.52 Å². The summed E-state index contributed by atoms with van der Waals surface area (Å²) in [5.41, 5.74) is 6.09. The van der Waals surface area contributed by atoms with Crippen LogP contribution in [0.3, 0.4) is 0 Å². The van der Waals surface area contributed by atoms with Crippen LogP contribution in [-0.4, -0.2) is 37.9 Å². The summed E-state index contributed by atoms with van der Waals surface area (Å²) in [6.45, 7) is 0. The molecule has 0 amide bonds. The number of hydrogen-bond acceptors (Lipinski definition) is 4. The van der Waals surface area contributed by atoms with Crippen molar-refractivity contribution < 1.29 is 11.0 Å². The van der Waals surface area contributed by atoms with Gasteiger partial charge in [-0.15, -0.1) is 0 Å². The van der Waals surface area contributed by atoms with E-state index in [1.807, 2.05) is 0 Å². The predicted octanol–water partition coefficient (Wildman–Crippen LogP) is -1.72. The Morgan fingerprint density at radius 3 is 2.54 bits per heavy atom. The number of nitrogens with zero attached hydrogens (tertiary/aromatic N) is 3. The normalized spacial score (nSPS) is 7.54. The standard InChI is InChI=1S/C5H4N4.CH5N.2H2O/c1-4-5(8-2-6-1)9-3-7-4;1-2;;/h1-3H,(H,6,7,8,9);2H2,1H3;2*1H2. The molecule has 7 N–H and O–H groups in total. The first-order valence-corrected chi connectivity index (χ1v) is 3.13. The van der Waals surface area contributed by atoms with E-state index in [-0.39, 0.29) is 11.0 Å². The smallest absolute Gasteiger partial charge is 0.180 e. The van der Waals surface area contributed by atoms with Crippen molar-refractivity contribution in [1.29, 1.82) is 0 Å². The Morgan fingerprint density at radius 2 is 1.92 bits per heavy atom. The molecule has 0 radical (unpaired) electrons. The van der Waals surface area contributed by atoms with Crippen LogP contribution in [0.5, 0.6) is 0 Å². The Labute approximate surface area is 74.7 Å². The van der Waals surface area contributed by atoms with Crippen molar-refractivity contribution in [3.8, 4) is 0 Å². The first kappa shape index (κ1) is 14.0. The maximum Gasteiger partial charge on any atom is 0.180 e. The van der Waals surface area contributed by atoms with Crippen LogP contribution in [0.15, 0.2) is 18.9 Å². The van der Waals surface area contributed by atoms with Crippen molar-refractivity contribution in [2.45, 2.75) is 0 Å². The summed E-state index contributed by atoms with van der Waals surface area (Å²) in [4.78, 5) is 14.5. The minimum atomic E-state index is 0. The molecule has 2 heterocycles. The average molecular weight is 187 g/mol. The van der Waals surface area contributed by atoms with Gasteiger partial charge in [0.15, 0.2) is 5.65 Å². The zero-order chi connectivity index (χ0) is 8.10. The highest BCUT2D eigenvalue weighted by atomic mass is 16.0. The Bertz CT molecular complexity index is 293. The SMILES string of the molecule is CN.O.O.c1ncc2[nH]cnc2n1. The van der Waals surface area contributed by atoms with E-state index in [1.54, 1.807) is 12.5 Å². The Morgan fingerprint density at radius 1 is 1.23 bits per heavy atom. The minimum Gasteiger partial charge on any atom is -0.412 e. The number of imidazole rings is 1. The number of nitrogens with two attached hydrogens (primary N) is 1. The van der Waals surface area contributed by atoms with E-state index in [4.69, 9.17) is 0 Å². The van der Waals surface area contributed by atoms with E-state index in [0.29, 0.717) is 5.65 Å². The summed E-state index contributed by atoms with van der Waals surface area (Å²) in [6.07, 6.45) is 4.76. The molecule has 13 heavy (non-hydrogen) atoms. The van der Waals surface area contributed by atoms with Crippen LogP contribution in [0, 0.1) is 0 Å². The van der Waals surface area contributed by atoms with Gasteiger partial charge in [0.2, 0.25) is 0 Å². The highest BCUT2D eigenvalue weighted by Crippen LogP contribution is 1.99. The number of nitrogens with one attached hydrogen (secondary N) is 1. The molecule has 0 fully saturated rings. The van der Waals surface area contributed by atoms with Gasteiger partial charge in [-0.3, -0.25) is 0 Å². The fourth-order valence-electron chi connectivity index (χ4n) is 0.691. The van der Waals surface area contributed by atoms with Gasteiger partial charge in [-0.2, -0.15) is 0 Å². The van der Waals surface area contributed by atoms with Gasteiger partial charge < -0.3 is 21.7 Å². The summed E-state index contributed by atoms with van der Waals surface area (Å²) in [5.74, 6) is 0. The molecular formula is C6H13N5O2. The summed E-state index contributed by atoms with van der Waals surface area (Å²) in [5, 5.41) is 0. The highest BCUT2D eigenvalue weighted by Gasteiger charge is 1.91. The summed E-state index contributed by atoms with van der Waals surface area (Å²) < 4.78 is 0. The molecule has 2 rings (SSSR count). The quantitative estimate of drug-likeness (QED) is 0.505. The van der Waals surface area contributed by atoms with E-state index in [1.165, 1.54) is 13.4 Å². The van der Waals surface area contributed by atoms with Gasteiger partial charge in [-0.05, 0) is 7.05 Å². The molecule has 0 aliphatic rings. The van der Waals surface area contributed by atoms with Crippen molar-refractivity contribution in [3.05, 3.63) is 18.9 Å². The van der Waals surface area contributed by atoms with Crippen LogP contribution < -0.4 is 5.73 Å². The third-order valence-corrected chi connectivity index (χ3v) is 1.10. The van der Waals surface area contributed by atoms with E-state index >= 15 is 0 Å². The fourth-order valence-corrected chi connectivity index (χ4v) is 0.691. The second-order valence-electron chi connectivity index (χ2n) is 1.66. The van der Waals surface area contributed by atoms with Crippen molar-refractivity contribution >= 4 is 11.2 Å². The van der Waals surface area contributed by atoms with Crippen LogP contribution in [0.25, 0.3) is 11.2 Å². The number of hydrogen-bond donors (Lipinski definition) is 2. The molecule has 0 bridgehead atoms. The van der Waals surface area contributed by atoms with Crippen LogP contribution >= 0.6 is 0 Å². The molecule has 0 aliphatic heterocycles. The monoisotopic (exact) mass is 187 g/mol. The third kappa shape index (κ3) is 3.11. The second kappa shape index (κ2) is 7.10. The third-order valence-electron chi connectivity index (χ3n) is 1.10. The molecule has 2 aromatic rings. The molecule has 7 heteroatoms. The molecule has 0 aromatic carbocycles. The lowest BCUT2D eigenvalue weighted by atomic mass is 10.6. The zero-order valence-corrected chi connectivity index (χ0v) is 7.15. The summed E-state index contributed by atoms with van der Waals surface area (Å²) >= 11 is 0. The first-order chi connectivity index (χ1) is 5.47. The Balaban J connectivity index is 0. The average Bonchev–Trinajstić information content (AvgIpc) is 2.55. The Hall–Kier alpha value is -1.57. The molecule has 0 saturated carbocycles. The largest absolute Gasteiger partial charge is 0.412 e. The zero-order valence-electron chi connectivity index (χ0n) is 7.15. The second-order valence-corrected chi connectivity index (χ2v) is 1.66. The first-order valence-electron chi connectivity index (χ1n) is 3.13. The fraction of sp³-hybridized carbons (Fsp3) is 0.167. The van der Waals surface area contributed by atoms with Gasteiger partial charge in [0.05, 0.1) is 12.5 Å². The van der Waals surface area contributed by atoms with Crippen LogP contribution in [0.1, 0.15) is 0 Å². The topological polar surface area (TPSA) is 143 Å². The number of rotatable bonds is 0. The highest BCUT2D eigenvalue weighted by molar-refractivity contribution is 5.67. The Kier molecular flexibility index (Phi) is 7.64. The van der Waals surface area contributed by atoms with E-state index in [2.05, 4.69) is 25.7 Å². The van der Waals surface area contributed by atoms with E-state index in [9.17, 15) is 0 Å². The minimum absolute atomic E-state index is 0. The molecular weight excluding hydrogens is 174 g/mol. The van der Waals surface area contributed by atoms with Gasteiger partial charge in [-0.25, -0.2) is 15.0 Å². The number of aromatic amines is 1. The van der Waals surface area contributed by atoms with Gasteiger partial charge in [-0.1, -0.05) is 0 Å². The maximum absolute atomic E-state index is 4.50. The molecule has 0 aliphatic carbocycles. The number of H-pyrrole nitrogens is 1. The predicted molar refractivity (Wildman–Crippen MR) is 49.0 cm³/mol. The molecule has 0 unspecified atom stereocenters. The lowest BCUT2D eigenvalue weighted by Crippen LogP contribution is -1.76. The summed E-state index contributed by atoms with van der Waals surface area (Å²) in [7, 11) is 1.50. The van der Waals surface area contributed by atoms with Gasteiger partial charge in [0.25, 0.3) is 0 Å². The van der Waals surface area contributed by atoms with E-state index < -0.39 is 0 Å². The van der Waals surface area contributed by atoms with Crippen molar-refractivity contribution in [2.75, 3.05) is 7.05 Å². The maximum atomic E-state index is 4.50. The van der Waals surface area contributed by atoms with Crippen LogP contribution in [0.4, 0.5) is 0 Å².